The van der Waals surface area contributed by atoms with Gasteiger partial charge in [0.1, 0.15) is 5.75 Å². The molecule has 0 radical (unpaired) electrons. The summed E-state index contributed by atoms with van der Waals surface area (Å²) < 4.78 is 5.39. The molecule has 7 nitrogen and oxygen atoms in total. The minimum absolute atomic E-state index is 0.000988. The molecule has 2 saturated heterocycles. The molecule has 146 valence electrons. The molecule has 27 heavy (non-hydrogen) atoms. The number of hydrogen-bond acceptors (Lipinski definition) is 4. The number of piperazine rings is 1. The predicted octanol–water partition coefficient (Wildman–Crippen LogP) is 1.44. The molecule has 3 amide bonds. The van der Waals surface area contributed by atoms with Gasteiger partial charge in [-0.25, -0.2) is 0 Å². The number of amides is 3. The molecule has 3 rings (SSSR count). The van der Waals surface area contributed by atoms with Crippen LogP contribution in [0.2, 0.25) is 0 Å². The van der Waals surface area contributed by atoms with Crippen LogP contribution in [0.4, 0.5) is 5.69 Å². The normalized spacial score (nSPS) is 20.2. The lowest BCUT2D eigenvalue weighted by Gasteiger charge is -2.35. The van der Waals surface area contributed by atoms with Crippen molar-refractivity contribution in [2.24, 2.45) is 5.92 Å². The Labute approximate surface area is 159 Å². The van der Waals surface area contributed by atoms with Gasteiger partial charge in [0.05, 0.1) is 18.7 Å². The molecular formula is C20H27N3O4. The van der Waals surface area contributed by atoms with Crippen LogP contribution in [0.15, 0.2) is 18.2 Å². The molecule has 1 atom stereocenters. The Morgan fingerprint density at radius 2 is 1.81 bits per heavy atom. The van der Waals surface area contributed by atoms with Crippen molar-refractivity contribution in [1.82, 2.24) is 9.80 Å². The van der Waals surface area contributed by atoms with E-state index in [-0.39, 0.29) is 30.1 Å². The zero-order valence-corrected chi connectivity index (χ0v) is 16.2. The molecule has 0 aliphatic carbocycles. The minimum Gasteiger partial charge on any atom is -0.495 e. The third kappa shape index (κ3) is 3.91. The van der Waals surface area contributed by atoms with E-state index in [2.05, 4.69) is 0 Å². The van der Waals surface area contributed by atoms with Gasteiger partial charge >= 0.3 is 0 Å². The lowest BCUT2D eigenvalue weighted by atomic mass is 10.1. The number of ether oxygens (including phenoxy) is 1. The van der Waals surface area contributed by atoms with E-state index in [1.54, 1.807) is 21.8 Å². The van der Waals surface area contributed by atoms with Gasteiger partial charge < -0.3 is 19.4 Å². The molecule has 0 spiro atoms. The van der Waals surface area contributed by atoms with E-state index in [0.29, 0.717) is 44.9 Å². The van der Waals surface area contributed by atoms with Gasteiger partial charge in [0, 0.05) is 45.6 Å². The maximum Gasteiger partial charge on any atom is 0.228 e. The summed E-state index contributed by atoms with van der Waals surface area (Å²) in [4.78, 5) is 42.5. The number of rotatable bonds is 4. The quantitative estimate of drug-likeness (QED) is 0.801. The number of nitrogens with zero attached hydrogens (tertiary/aromatic N) is 3. The van der Waals surface area contributed by atoms with Gasteiger partial charge in [-0.05, 0) is 24.6 Å². The molecule has 2 aliphatic heterocycles. The number of carbonyl (C=O) groups excluding carboxylic acids is 3. The van der Waals surface area contributed by atoms with Gasteiger partial charge in [-0.2, -0.15) is 0 Å². The van der Waals surface area contributed by atoms with Crippen LogP contribution in [-0.2, 0) is 14.4 Å². The van der Waals surface area contributed by atoms with E-state index in [4.69, 9.17) is 4.74 Å². The zero-order valence-electron chi connectivity index (χ0n) is 16.2. The van der Waals surface area contributed by atoms with E-state index in [0.717, 1.165) is 11.3 Å². The van der Waals surface area contributed by atoms with Crippen molar-refractivity contribution in [1.29, 1.82) is 0 Å². The molecule has 7 heteroatoms. The van der Waals surface area contributed by atoms with E-state index in [9.17, 15) is 14.4 Å². The van der Waals surface area contributed by atoms with Crippen LogP contribution in [0, 0.1) is 12.8 Å². The van der Waals surface area contributed by atoms with E-state index < -0.39 is 0 Å². The fraction of sp³-hybridized carbons (Fsp3) is 0.550. The summed E-state index contributed by atoms with van der Waals surface area (Å²) >= 11 is 0. The first-order valence-electron chi connectivity index (χ1n) is 9.46. The highest BCUT2D eigenvalue weighted by Gasteiger charge is 2.39. The molecule has 1 aromatic rings. The maximum atomic E-state index is 12.9. The van der Waals surface area contributed by atoms with Crippen LogP contribution >= 0.6 is 0 Å². The van der Waals surface area contributed by atoms with Gasteiger partial charge in [0.25, 0.3) is 0 Å². The highest BCUT2D eigenvalue weighted by atomic mass is 16.5. The molecule has 0 saturated carbocycles. The van der Waals surface area contributed by atoms with Crippen LogP contribution in [0.25, 0.3) is 0 Å². The van der Waals surface area contributed by atoms with Gasteiger partial charge in [0.2, 0.25) is 17.7 Å². The van der Waals surface area contributed by atoms with Crippen molar-refractivity contribution in [3.05, 3.63) is 23.8 Å². The molecule has 2 fully saturated rings. The fourth-order valence-corrected chi connectivity index (χ4v) is 3.77. The summed E-state index contributed by atoms with van der Waals surface area (Å²) in [6.45, 7) is 6.36. The smallest absolute Gasteiger partial charge is 0.228 e. The predicted molar refractivity (Wildman–Crippen MR) is 102 cm³/mol. The first-order chi connectivity index (χ1) is 12.9. The highest BCUT2D eigenvalue weighted by Crippen LogP contribution is 2.34. The largest absolute Gasteiger partial charge is 0.495 e. The molecule has 0 bridgehead atoms. The van der Waals surface area contributed by atoms with Crippen molar-refractivity contribution < 1.29 is 19.1 Å². The number of anilines is 1. The summed E-state index contributed by atoms with van der Waals surface area (Å²) in [6.07, 6.45) is 0.697. The second-order valence-electron chi connectivity index (χ2n) is 7.14. The van der Waals surface area contributed by atoms with Gasteiger partial charge in [0.15, 0.2) is 0 Å². The number of hydrogen-bond donors (Lipinski definition) is 0. The Balaban J connectivity index is 1.67. The van der Waals surface area contributed by atoms with Crippen LogP contribution in [0.5, 0.6) is 5.75 Å². The summed E-state index contributed by atoms with van der Waals surface area (Å²) in [5.74, 6) is 0.346. The van der Waals surface area contributed by atoms with Gasteiger partial charge in [-0.15, -0.1) is 0 Å². The molecule has 2 aliphatic rings. The number of methoxy groups -OCH3 is 1. The topological polar surface area (TPSA) is 70.2 Å². The monoisotopic (exact) mass is 373 g/mol. The van der Waals surface area contributed by atoms with E-state index in [1.165, 1.54) is 0 Å². The second-order valence-corrected chi connectivity index (χ2v) is 7.14. The van der Waals surface area contributed by atoms with E-state index in [1.807, 2.05) is 32.0 Å². The lowest BCUT2D eigenvalue weighted by molar-refractivity contribution is -0.141. The Morgan fingerprint density at radius 3 is 2.44 bits per heavy atom. The summed E-state index contributed by atoms with van der Waals surface area (Å²) in [7, 11) is 1.58. The van der Waals surface area contributed by atoms with Crippen molar-refractivity contribution in [3.8, 4) is 5.75 Å². The number of benzene rings is 1. The molecule has 0 N–H and O–H groups in total. The number of carbonyl (C=O) groups is 3. The summed E-state index contributed by atoms with van der Waals surface area (Å²) in [6, 6.07) is 5.69. The van der Waals surface area contributed by atoms with Crippen molar-refractivity contribution in [2.45, 2.75) is 26.7 Å². The van der Waals surface area contributed by atoms with Gasteiger partial charge in [-0.3, -0.25) is 14.4 Å². The molecule has 1 unspecified atom stereocenters. The fourth-order valence-electron chi connectivity index (χ4n) is 3.77. The van der Waals surface area contributed by atoms with Crippen LogP contribution in [0.1, 0.15) is 25.3 Å². The second kappa shape index (κ2) is 7.98. The minimum atomic E-state index is -0.351. The van der Waals surface area contributed by atoms with E-state index >= 15 is 0 Å². The highest BCUT2D eigenvalue weighted by molar-refractivity contribution is 6.01. The molecule has 0 aromatic heterocycles. The van der Waals surface area contributed by atoms with Crippen LogP contribution < -0.4 is 9.64 Å². The third-order valence-electron chi connectivity index (χ3n) is 5.35. The maximum absolute atomic E-state index is 12.9. The average Bonchev–Trinajstić information content (AvgIpc) is 3.08. The van der Waals surface area contributed by atoms with Gasteiger partial charge in [-0.1, -0.05) is 13.0 Å². The summed E-state index contributed by atoms with van der Waals surface area (Å²) in [5.41, 5.74) is 1.75. The Hall–Kier alpha value is -2.57. The van der Waals surface area contributed by atoms with Crippen molar-refractivity contribution in [3.63, 3.8) is 0 Å². The Kier molecular flexibility index (Phi) is 5.68. The third-order valence-corrected chi connectivity index (χ3v) is 5.35. The summed E-state index contributed by atoms with van der Waals surface area (Å²) in [5, 5.41) is 0. The molecule has 1 aromatic carbocycles. The SMILES string of the molecule is CCC(=O)N1CCN(C(=O)C2CC(=O)N(c3cc(C)ccc3OC)C2)CC1. The standard InChI is InChI=1S/C20H27N3O4/c1-4-18(24)21-7-9-22(10-8-21)20(26)15-12-19(25)23(13-15)16-11-14(2)5-6-17(16)27-3/h5-6,11,15H,4,7-10,12-13H2,1-3H3. The Bertz CT molecular complexity index is 741. The van der Waals surface area contributed by atoms with Crippen molar-refractivity contribution in [2.75, 3.05) is 44.7 Å². The Morgan fingerprint density at radius 1 is 1.15 bits per heavy atom. The van der Waals surface area contributed by atoms with Crippen molar-refractivity contribution >= 4 is 23.4 Å². The lowest BCUT2D eigenvalue weighted by Crippen LogP contribution is -2.52. The first kappa shape index (κ1) is 19.2. The zero-order chi connectivity index (χ0) is 19.6. The first-order valence-corrected chi connectivity index (χ1v) is 9.46. The molecular weight excluding hydrogens is 346 g/mol. The molecule has 2 heterocycles. The van der Waals surface area contributed by atoms with Crippen LogP contribution in [0.3, 0.4) is 0 Å². The van der Waals surface area contributed by atoms with Crippen LogP contribution in [-0.4, -0.2) is 67.4 Å². The average molecular weight is 373 g/mol. The number of aryl methyl sites for hydroxylation is 1.